The van der Waals surface area contributed by atoms with Crippen LogP contribution in [0.1, 0.15) is 11.1 Å². The van der Waals surface area contributed by atoms with Gasteiger partial charge in [-0.05, 0) is 23.8 Å². The van der Waals surface area contributed by atoms with Gasteiger partial charge in [0.25, 0.3) is 0 Å². The summed E-state index contributed by atoms with van der Waals surface area (Å²) in [5.41, 5.74) is 3.80. The fourth-order valence-electron chi connectivity index (χ4n) is 4.47. The molecule has 0 radical (unpaired) electrons. The third-order valence-electron chi connectivity index (χ3n) is 6.53. The molecule has 5 rings (SSSR count). The number of fused-ring (bicyclic) bond motifs is 1. The van der Waals surface area contributed by atoms with Crippen LogP contribution in [-0.4, -0.2) is 87.3 Å². The average molecular weight is 516 g/mol. The van der Waals surface area contributed by atoms with Crippen molar-refractivity contribution in [2.75, 3.05) is 51.4 Å². The smallest absolute Gasteiger partial charge is 0.212 e. The van der Waals surface area contributed by atoms with Crippen LogP contribution in [0.3, 0.4) is 0 Å². The number of nitriles is 1. The molecule has 4 aromatic rings. The highest BCUT2D eigenvalue weighted by atomic mass is 16.5. The summed E-state index contributed by atoms with van der Waals surface area (Å²) in [6.45, 7) is 3.93. The zero-order chi connectivity index (χ0) is 26.5. The van der Waals surface area contributed by atoms with Crippen LogP contribution in [0.15, 0.2) is 55.1 Å². The van der Waals surface area contributed by atoms with Crippen molar-refractivity contribution >= 4 is 11.3 Å². The highest BCUT2D eigenvalue weighted by molar-refractivity contribution is 5.85. The number of rotatable bonds is 9. The molecule has 1 saturated heterocycles. The van der Waals surface area contributed by atoms with E-state index in [9.17, 15) is 10.4 Å². The first kappa shape index (κ1) is 25.4. The second-order valence-electron chi connectivity index (χ2n) is 9.08. The minimum absolute atomic E-state index is 0.0635. The molecule has 1 fully saturated rings. The van der Waals surface area contributed by atoms with E-state index in [1.807, 2.05) is 30.5 Å². The van der Waals surface area contributed by atoms with Crippen LogP contribution in [-0.2, 0) is 6.54 Å². The van der Waals surface area contributed by atoms with Gasteiger partial charge in [0.2, 0.25) is 5.88 Å². The summed E-state index contributed by atoms with van der Waals surface area (Å²) in [5, 5.41) is 32.6. The summed E-state index contributed by atoms with van der Waals surface area (Å²) in [6, 6.07) is 11.9. The van der Waals surface area contributed by atoms with Crippen molar-refractivity contribution in [1.82, 2.24) is 24.5 Å². The maximum Gasteiger partial charge on any atom is 0.212 e. The molecule has 1 unspecified atom stereocenters. The number of nitrogens with zero attached hydrogens (tertiary/aromatic N) is 7. The van der Waals surface area contributed by atoms with Crippen molar-refractivity contribution < 1.29 is 19.7 Å². The SMILES string of the molecule is COc1ccc(CN2CCN(c3ccc(-c4cc(OCC(O)CO)cn5ncc(C#N)c45)cn3)CC2)cn1. The van der Waals surface area contributed by atoms with E-state index in [1.54, 1.807) is 30.1 Å². The van der Waals surface area contributed by atoms with Crippen LogP contribution in [0.2, 0.25) is 0 Å². The third-order valence-corrected chi connectivity index (χ3v) is 6.53. The van der Waals surface area contributed by atoms with Gasteiger partial charge in [-0.3, -0.25) is 4.90 Å². The fourth-order valence-corrected chi connectivity index (χ4v) is 4.47. The van der Waals surface area contributed by atoms with E-state index in [2.05, 4.69) is 26.0 Å². The molecule has 196 valence electrons. The van der Waals surface area contributed by atoms with Gasteiger partial charge in [-0.25, -0.2) is 14.5 Å². The Balaban J connectivity index is 1.29. The van der Waals surface area contributed by atoms with Gasteiger partial charge in [-0.15, -0.1) is 0 Å². The van der Waals surface area contributed by atoms with Crippen molar-refractivity contribution in [2.24, 2.45) is 0 Å². The number of aromatic nitrogens is 4. The summed E-state index contributed by atoms with van der Waals surface area (Å²) in [4.78, 5) is 13.7. The maximum atomic E-state index is 9.66. The molecule has 0 aliphatic carbocycles. The minimum atomic E-state index is -0.990. The molecule has 11 nitrogen and oxygen atoms in total. The number of aliphatic hydroxyl groups is 2. The lowest BCUT2D eigenvalue weighted by atomic mass is 10.1. The van der Waals surface area contributed by atoms with Gasteiger partial charge in [0, 0.05) is 62.3 Å². The van der Waals surface area contributed by atoms with Crippen molar-refractivity contribution in [2.45, 2.75) is 12.6 Å². The zero-order valence-electron chi connectivity index (χ0n) is 21.1. The van der Waals surface area contributed by atoms with Gasteiger partial charge in [0.05, 0.1) is 37.2 Å². The molecule has 2 N–H and O–H groups in total. The molecule has 0 spiro atoms. The molecule has 1 aliphatic heterocycles. The Hall–Kier alpha value is -4.24. The number of piperazine rings is 1. The Morgan fingerprint density at radius 3 is 2.58 bits per heavy atom. The van der Waals surface area contributed by atoms with Crippen LogP contribution >= 0.6 is 0 Å². The average Bonchev–Trinajstić information content (AvgIpc) is 3.39. The van der Waals surface area contributed by atoms with Gasteiger partial charge in [-0.2, -0.15) is 10.4 Å². The second-order valence-corrected chi connectivity index (χ2v) is 9.08. The normalized spacial score (nSPS) is 14.8. The van der Waals surface area contributed by atoms with E-state index in [0.29, 0.717) is 22.7 Å². The largest absolute Gasteiger partial charge is 0.489 e. The van der Waals surface area contributed by atoms with Crippen LogP contribution in [0.25, 0.3) is 16.6 Å². The maximum absolute atomic E-state index is 9.66. The molecule has 11 heteroatoms. The summed E-state index contributed by atoms with van der Waals surface area (Å²) in [7, 11) is 1.61. The number of methoxy groups -OCH3 is 1. The van der Waals surface area contributed by atoms with Crippen molar-refractivity contribution in [3.05, 3.63) is 66.2 Å². The van der Waals surface area contributed by atoms with Crippen molar-refractivity contribution in [3.8, 4) is 28.8 Å². The predicted octanol–water partition coefficient (Wildman–Crippen LogP) is 1.73. The van der Waals surface area contributed by atoms with Gasteiger partial charge >= 0.3 is 0 Å². The monoisotopic (exact) mass is 515 g/mol. The highest BCUT2D eigenvalue weighted by Crippen LogP contribution is 2.31. The summed E-state index contributed by atoms with van der Waals surface area (Å²) in [5.74, 6) is 1.97. The molecule has 38 heavy (non-hydrogen) atoms. The van der Waals surface area contributed by atoms with Crippen LogP contribution in [0, 0.1) is 11.3 Å². The zero-order valence-corrected chi connectivity index (χ0v) is 21.1. The van der Waals surface area contributed by atoms with E-state index in [-0.39, 0.29) is 6.61 Å². The summed E-state index contributed by atoms with van der Waals surface area (Å²) >= 11 is 0. The van der Waals surface area contributed by atoms with Crippen molar-refractivity contribution in [3.63, 3.8) is 0 Å². The predicted molar refractivity (Wildman–Crippen MR) is 140 cm³/mol. The molecule has 0 saturated carbocycles. The molecular formula is C27H29N7O4. The number of pyridine rings is 3. The van der Waals surface area contributed by atoms with E-state index in [0.717, 1.165) is 55.2 Å². The highest BCUT2D eigenvalue weighted by Gasteiger charge is 2.19. The Morgan fingerprint density at radius 1 is 1.08 bits per heavy atom. The molecule has 4 aromatic heterocycles. The van der Waals surface area contributed by atoms with E-state index >= 15 is 0 Å². The first-order valence-electron chi connectivity index (χ1n) is 12.3. The number of hydrogen-bond donors (Lipinski definition) is 2. The Bertz CT molecular complexity index is 1410. The Kier molecular flexibility index (Phi) is 7.65. The second kappa shape index (κ2) is 11.4. The fraction of sp³-hybridized carbons (Fsp3) is 0.333. The molecule has 0 aromatic carbocycles. The molecule has 0 bridgehead atoms. The van der Waals surface area contributed by atoms with E-state index in [4.69, 9.17) is 19.6 Å². The van der Waals surface area contributed by atoms with Crippen molar-refractivity contribution in [1.29, 1.82) is 5.26 Å². The number of ether oxygens (including phenoxy) is 2. The molecular weight excluding hydrogens is 486 g/mol. The molecule has 5 heterocycles. The Morgan fingerprint density at radius 2 is 1.92 bits per heavy atom. The first-order valence-corrected chi connectivity index (χ1v) is 12.3. The molecule has 1 atom stereocenters. The van der Waals surface area contributed by atoms with Gasteiger partial charge in [0.1, 0.15) is 30.3 Å². The molecule has 1 aliphatic rings. The first-order chi connectivity index (χ1) is 18.6. The summed E-state index contributed by atoms with van der Waals surface area (Å²) < 4.78 is 12.4. The quantitative estimate of drug-likeness (QED) is 0.340. The minimum Gasteiger partial charge on any atom is -0.489 e. The number of hydrogen-bond acceptors (Lipinski definition) is 10. The third kappa shape index (κ3) is 5.52. The van der Waals surface area contributed by atoms with E-state index < -0.39 is 12.7 Å². The Labute approximate surface area is 220 Å². The van der Waals surface area contributed by atoms with Gasteiger partial charge in [0.15, 0.2) is 0 Å². The lowest BCUT2D eigenvalue weighted by Gasteiger charge is -2.35. The standard InChI is InChI=1S/C27H29N7O4/c1-37-26-5-2-19(12-30-26)15-32-6-8-33(9-7-32)25-4-3-20(13-29-25)24-10-23(38-18-22(36)17-35)16-34-27(24)21(11-28)14-31-34/h2-5,10,12-14,16,22,35-36H,6-9,15,17-18H2,1H3. The van der Waals surface area contributed by atoms with Crippen LogP contribution < -0.4 is 14.4 Å². The van der Waals surface area contributed by atoms with Gasteiger partial charge in [-0.1, -0.05) is 6.07 Å². The van der Waals surface area contributed by atoms with Gasteiger partial charge < -0.3 is 24.6 Å². The lowest BCUT2D eigenvalue weighted by Crippen LogP contribution is -2.46. The lowest BCUT2D eigenvalue weighted by molar-refractivity contribution is 0.0534. The number of aliphatic hydroxyl groups excluding tert-OH is 2. The number of anilines is 1. The topological polar surface area (TPSA) is 132 Å². The summed E-state index contributed by atoms with van der Waals surface area (Å²) in [6.07, 6.45) is 5.81. The van der Waals surface area contributed by atoms with Crippen LogP contribution in [0.4, 0.5) is 5.82 Å². The van der Waals surface area contributed by atoms with E-state index in [1.165, 1.54) is 6.20 Å². The molecule has 0 amide bonds. The van der Waals surface area contributed by atoms with Crippen LogP contribution in [0.5, 0.6) is 11.6 Å².